The van der Waals surface area contributed by atoms with E-state index in [0.717, 1.165) is 5.56 Å². The van der Waals surface area contributed by atoms with E-state index in [0.29, 0.717) is 12.3 Å². The Kier molecular flexibility index (Phi) is 9.48. The summed E-state index contributed by atoms with van der Waals surface area (Å²) in [5.41, 5.74) is 1.08. The normalized spacial score (nSPS) is 10.9. The van der Waals surface area contributed by atoms with Crippen molar-refractivity contribution in [3.05, 3.63) is 72.3 Å². The zero-order valence-electron chi connectivity index (χ0n) is 13.6. The lowest BCUT2D eigenvalue weighted by atomic mass is 10.2. The SMILES string of the molecule is CC(=O)SCC(C)C(=O)NCc1ccccc1.c1ccccc1. The topological polar surface area (TPSA) is 46.2 Å². The van der Waals surface area contributed by atoms with Crippen molar-refractivity contribution < 1.29 is 9.59 Å². The van der Waals surface area contributed by atoms with Crippen LogP contribution < -0.4 is 5.32 Å². The van der Waals surface area contributed by atoms with Gasteiger partial charge >= 0.3 is 0 Å². The van der Waals surface area contributed by atoms with Crippen molar-refractivity contribution in [1.29, 1.82) is 0 Å². The summed E-state index contributed by atoms with van der Waals surface area (Å²) in [5, 5.41) is 2.91. The number of benzene rings is 2. The smallest absolute Gasteiger partial charge is 0.223 e. The van der Waals surface area contributed by atoms with Crippen LogP contribution in [0.3, 0.4) is 0 Å². The minimum atomic E-state index is -0.146. The molecular weight excluding hydrogens is 306 g/mol. The molecule has 1 unspecified atom stereocenters. The van der Waals surface area contributed by atoms with E-state index < -0.39 is 0 Å². The first kappa shape index (κ1) is 19.0. The lowest BCUT2D eigenvalue weighted by Crippen LogP contribution is -2.30. The Morgan fingerprint density at radius 3 is 1.91 bits per heavy atom. The maximum atomic E-state index is 11.7. The van der Waals surface area contributed by atoms with Gasteiger partial charge in [-0.2, -0.15) is 0 Å². The molecule has 4 heteroatoms. The average Bonchev–Trinajstić information content (AvgIpc) is 2.60. The van der Waals surface area contributed by atoms with E-state index in [9.17, 15) is 9.59 Å². The number of carbonyl (C=O) groups is 2. The molecule has 0 spiro atoms. The first-order chi connectivity index (χ1) is 11.1. The summed E-state index contributed by atoms with van der Waals surface area (Å²) in [5.74, 6) is 0.380. The molecular formula is C19H23NO2S. The van der Waals surface area contributed by atoms with Crippen LogP contribution in [0.15, 0.2) is 66.7 Å². The number of rotatable bonds is 5. The summed E-state index contributed by atoms with van der Waals surface area (Å²) in [7, 11) is 0. The Hall–Kier alpha value is -2.07. The summed E-state index contributed by atoms with van der Waals surface area (Å²) in [6.07, 6.45) is 0. The molecule has 2 aromatic rings. The Morgan fingerprint density at radius 2 is 1.43 bits per heavy atom. The second-order valence-electron chi connectivity index (χ2n) is 5.06. The zero-order valence-corrected chi connectivity index (χ0v) is 14.4. The maximum Gasteiger partial charge on any atom is 0.223 e. The van der Waals surface area contributed by atoms with Crippen molar-refractivity contribution in [2.45, 2.75) is 20.4 Å². The van der Waals surface area contributed by atoms with Crippen LogP contribution in [0.2, 0.25) is 0 Å². The Morgan fingerprint density at radius 1 is 0.957 bits per heavy atom. The van der Waals surface area contributed by atoms with Crippen LogP contribution in [0.4, 0.5) is 0 Å². The van der Waals surface area contributed by atoms with Gasteiger partial charge in [-0.3, -0.25) is 9.59 Å². The van der Waals surface area contributed by atoms with Gasteiger partial charge in [0.1, 0.15) is 0 Å². The molecule has 0 aliphatic heterocycles. The van der Waals surface area contributed by atoms with Gasteiger partial charge in [0.2, 0.25) is 5.91 Å². The molecule has 23 heavy (non-hydrogen) atoms. The van der Waals surface area contributed by atoms with Crippen LogP contribution in [0, 0.1) is 5.92 Å². The van der Waals surface area contributed by atoms with Crippen molar-refractivity contribution in [1.82, 2.24) is 5.32 Å². The second-order valence-corrected chi connectivity index (χ2v) is 6.26. The van der Waals surface area contributed by atoms with Crippen molar-refractivity contribution in [2.75, 3.05) is 5.75 Å². The first-order valence-corrected chi connectivity index (χ1v) is 8.53. The summed E-state index contributed by atoms with van der Waals surface area (Å²) < 4.78 is 0. The van der Waals surface area contributed by atoms with Crippen LogP contribution in [-0.4, -0.2) is 16.8 Å². The van der Waals surface area contributed by atoms with Crippen LogP contribution in [0.5, 0.6) is 0 Å². The monoisotopic (exact) mass is 329 g/mol. The summed E-state index contributed by atoms with van der Waals surface area (Å²) in [6, 6.07) is 21.8. The standard InChI is InChI=1S/C13H17NO2S.C6H6/c1-10(9-17-11(2)15)13(16)14-8-12-6-4-3-5-7-12;1-2-4-6-5-3-1/h3-7,10H,8-9H2,1-2H3,(H,14,16);1-6H. The number of nitrogens with one attached hydrogen (secondary N) is 1. The molecule has 0 aliphatic rings. The number of hydrogen-bond donors (Lipinski definition) is 1. The molecule has 3 nitrogen and oxygen atoms in total. The van der Waals surface area contributed by atoms with Gasteiger partial charge in [-0.05, 0) is 5.56 Å². The quantitative estimate of drug-likeness (QED) is 0.905. The van der Waals surface area contributed by atoms with E-state index >= 15 is 0 Å². The van der Waals surface area contributed by atoms with E-state index in [2.05, 4.69) is 5.32 Å². The molecule has 1 N–H and O–H groups in total. The van der Waals surface area contributed by atoms with Crippen LogP contribution in [-0.2, 0) is 16.1 Å². The molecule has 0 fully saturated rings. The summed E-state index contributed by atoms with van der Waals surface area (Å²) in [6.45, 7) is 3.88. The number of amides is 1. The van der Waals surface area contributed by atoms with E-state index in [1.54, 1.807) is 0 Å². The minimum absolute atomic E-state index is 0.0115. The Bertz CT molecular complexity index is 546. The van der Waals surface area contributed by atoms with E-state index in [-0.39, 0.29) is 16.9 Å². The lowest BCUT2D eigenvalue weighted by molar-refractivity contribution is -0.124. The average molecular weight is 329 g/mol. The van der Waals surface area contributed by atoms with E-state index in [1.165, 1.54) is 18.7 Å². The van der Waals surface area contributed by atoms with Gasteiger partial charge < -0.3 is 5.32 Å². The fraction of sp³-hybridized carbons (Fsp3) is 0.263. The molecule has 1 amide bonds. The lowest BCUT2D eigenvalue weighted by Gasteiger charge is -2.10. The van der Waals surface area contributed by atoms with Gasteiger partial charge in [-0.1, -0.05) is 85.4 Å². The molecule has 1 atom stereocenters. The van der Waals surface area contributed by atoms with Gasteiger partial charge in [-0.15, -0.1) is 0 Å². The molecule has 2 rings (SSSR count). The van der Waals surface area contributed by atoms with Gasteiger partial charge in [0.15, 0.2) is 5.12 Å². The fourth-order valence-electron chi connectivity index (χ4n) is 1.66. The largest absolute Gasteiger partial charge is 0.352 e. The molecule has 0 heterocycles. The van der Waals surface area contributed by atoms with Gasteiger partial charge in [0.25, 0.3) is 0 Å². The third kappa shape index (κ3) is 9.53. The second kappa shape index (κ2) is 11.5. The number of thioether (sulfide) groups is 1. The fourth-order valence-corrected chi connectivity index (χ4v) is 2.30. The molecule has 0 aliphatic carbocycles. The molecule has 2 aromatic carbocycles. The molecule has 0 aromatic heterocycles. The summed E-state index contributed by atoms with van der Waals surface area (Å²) >= 11 is 1.19. The van der Waals surface area contributed by atoms with Crippen LogP contribution in [0.1, 0.15) is 19.4 Å². The van der Waals surface area contributed by atoms with Crippen molar-refractivity contribution in [3.63, 3.8) is 0 Å². The number of carbonyl (C=O) groups excluding carboxylic acids is 2. The minimum Gasteiger partial charge on any atom is -0.352 e. The predicted octanol–water partition coefficient (Wildman–Crippen LogP) is 3.91. The van der Waals surface area contributed by atoms with Crippen LogP contribution in [0.25, 0.3) is 0 Å². The maximum absolute atomic E-state index is 11.7. The Labute approximate surface area is 142 Å². The molecule has 122 valence electrons. The van der Waals surface area contributed by atoms with E-state index in [4.69, 9.17) is 0 Å². The highest BCUT2D eigenvalue weighted by Crippen LogP contribution is 2.09. The zero-order chi connectivity index (χ0) is 16.9. The third-order valence-electron chi connectivity index (χ3n) is 2.96. The highest BCUT2D eigenvalue weighted by Gasteiger charge is 2.13. The first-order valence-electron chi connectivity index (χ1n) is 7.54. The molecule has 0 bridgehead atoms. The highest BCUT2D eigenvalue weighted by atomic mass is 32.2. The van der Waals surface area contributed by atoms with Crippen molar-refractivity contribution >= 4 is 22.8 Å². The Balaban J connectivity index is 0.000000366. The van der Waals surface area contributed by atoms with Gasteiger partial charge in [-0.25, -0.2) is 0 Å². The van der Waals surface area contributed by atoms with Crippen LogP contribution >= 0.6 is 11.8 Å². The van der Waals surface area contributed by atoms with Crippen molar-refractivity contribution in [3.8, 4) is 0 Å². The highest BCUT2D eigenvalue weighted by molar-refractivity contribution is 8.13. The van der Waals surface area contributed by atoms with Gasteiger partial charge in [0, 0.05) is 25.1 Å². The summed E-state index contributed by atoms with van der Waals surface area (Å²) in [4.78, 5) is 22.5. The molecule has 0 saturated carbocycles. The third-order valence-corrected chi connectivity index (χ3v) is 4.03. The van der Waals surface area contributed by atoms with E-state index in [1.807, 2.05) is 73.7 Å². The predicted molar refractivity (Wildman–Crippen MR) is 97.0 cm³/mol. The molecule has 0 radical (unpaired) electrons. The van der Waals surface area contributed by atoms with Crippen molar-refractivity contribution in [2.24, 2.45) is 5.92 Å². The molecule has 0 saturated heterocycles. The number of hydrogen-bond acceptors (Lipinski definition) is 3. The van der Waals surface area contributed by atoms with Gasteiger partial charge in [0.05, 0.1) is 0 Å².